The number of fused-ring (bicyclic) bond motifs is 1. The molecule has 1 heterocycles. The van der Waals surface area contributed by atoms with E-state index in [9.17, 15) is 4.79 Å². The average Bonchev–Trinajstić information content (AvgIpc) is 2.65. The van der Waals surface area contributed by atoms with Gasteiger partial charge in [-0.2, -0.15) is 0 Å². The molecule has 1 aromatic carbocycles. The predicted molar refractivity (Wildman–Crippen MR) is 70.0 cm³/mol. The van der Waals surface area contributed by atoms with Gasteiger partial charge >= 0.3 is 5.69 Å². The van der Waals surface area contributed by atoms with Crippen LogP contribution in [0.4, 0.5) is 0 Å². The number of imidazole rings is 1. The maximum atomic E-state index is 11.1. The largest absolute Gasteiger partial charge is 0.323 e. The van der Waals surface area contributed by atoms with Crippen molar-refractivity contribution in [1.82, 2.24) is 9.97 Å². The lowest BCUT2D eigenvalue weighted by atomic mass is 9.98. The molecule has 0 spiro atoms. The number of halogens is 1. The third-order valence-corrected chi connectivity index (χ3v) is 4.43. The topological polar surface area (TPSA) is 48.6 Å². The first-order valence-electron chi connectivity index (χ1n) is 5.48. The predicted octanol–water partition coefficient (Wildman–Crippen LogP) is 3.34. The number of aromatic nitrogens is 2. The van der Waals surface area contributed by atoms with Gasteiger partial charge in [0.2, 0.25) is 0 Å². The summed E-state index contributed by atoms with van der Waals surface area (Å²) in [7, 11) is 0. The molecule has 0 fully saturated rings. The van der Waals surface area contributed by atoms with Crippen LogP contribution >= 0.6 is 15.9 Å². The third kappa shape index (κ3) is 2.07. The summed E-state index contributed by atoms with van der Waals surface area (Å²) in [6.45, 7) is 4.39. The van der Waals surface area contributed by atoms with E-state index < -0.39 is 0 Å². The van der Waals surface area contributed by atoms with E-state index >= 15 is 0 Å². The number of rotatable bonds is 3. The minimum Gasteiger partial charge on any atom is -0.306 e. The van der Waals surface area contributed by atoms with Crippen molar-refractivity contribution in [3.63, 3.8) is 0 Å². The van der Waals surface area contributed by atoms with E-state index in [1.807, 2.05) is 12.1 Å². The van der Waals surface area contributed by atoms with Gasteiger partial charge in [0.1, 0.15) is 0 Å². The van der Waals surface area contributed by atoms with Crippen LogP contribution in [-0.4, -0.2) is 9.97 Å². The Morgan fingerprint density at radius 3 is 2.69 bits per heavy atom. The van der Waals surface area contributed by atoms with Crippen molar-refractivity contribution in [1.29, 1.82) is 0 Å². The number of aromatic amines is 2. The number of hydrogen-bond acceptors (Lipinski definition) is 1. The lowest BCUT2D eigenvalue weighted by molar-refractivity contribution is 0.556. The summed E-state index contributed by atoms with van der Waals surface area (Å²) < 4.78 is 0. The molecule has 0 radical (unpaired) electrons. The molecule has 2 unspecified atom stereocenters. The minimum atomic E-state index is -0.151. The van der Waals surface area contributed by atoms with Gasteiger partial charge in [0, 0.05) is 4.83 Å². The van der Waals surface area contributed by atoms with Gasteiger partial charge in [0.25, 0.3) is 0 Å². The molecule has 2 aromatic rings. The fourth-order valence-electron chi connectivity index (χ4n) is 1.76. The van der Waals surface area contributed by atoms with Crippen LogP contribution in [0.2, 0.25) is 0 Å². The van der Waals surface area contributed by atoms with E-state index in [1.165, 1.54) is 5.56 Å². The average molecular weight is 283 g/mol. The molecule has 2 N–H and O–H groups in total. The summed E-state index contributed by atoms with van der Waals surface area (Å²) in [5.74, 6) is 0.572. The molecular weight excluding hydrogens is 268 g/mol. The standard InChI is InChI=1S/C12H15BrN2O/c1-3-7(2)11(13)8-4-5-9-10(6-8)15-12(16)14-9/h4-7,11H,3H2,1-2H3,(H2,14,15,16). The quantitative estimate of drug-likeness (QED) is 0.834. The molecule has 0 saturated heterocycles. The Bertz CT molecular complexity index is 543. The monoisotopic (exact) mass is 282 g/mol. The molecule has 0 aliphatic rings. The second kappa shape index (κ2) is 4.45. The second-order valence-corrected chi connectivity index (χ2v) is 5.16. The van der Waals surface area contributed by atoms with Gasteiger partial charge < -0.3 is 9.97 Å². The van der Waals surface area contributed by atoms with Gasteiger partial charge in [0.05, 0.1) is 11.0 Å². The number of benzene rings is 1. The van der Waals surface area contributed by atoms with E-state index in [2.05, 4.69) is 45.8 Å². The zero-order chi connectivity index (χ0) is 11.7. The van der Waals surface area contributed by atoms with Crippen LogP contribution in [0.1, 0.15) is 30.7 Å². The molecule has 0 aliphatic carbocycles. The van der Waals surface area contributed by atoms with Crippen LogP contribution in [0, 0.1) is 5.92 Å². The molecule has 2 atom stereocenters. The van der Waals surface area contributed by atoms with Crippen molar-refractivity contribution >= 4 is 27.0 Å². The van der Waals surface area contributed by atoms with Crippen LogP contribution in [0.5, 0.6) is 0 Å². The highest BCUT2D eigenvalue weighted by molar-refractivity contribution is 9.09. The summed E-state index contributed by atoms with van der Waals surface area (Å²) in [6.07, 6.45) is 1.12. The van der Waals surface area contributed by atoms with Crippen molar-refractivity contribution < 1.29 is 0 Å². The maximum absolute atomic E-state index is 11.1. The molecule has 0 aliphatic heterocycles. The molecule has 3 nitrogen and oxygen atoms in total. The van der Waals surface area contributed by atoms with Crippen molar-refractivity contribution in [3.8, 4) is 0 Å². The molecule has 2 rings (SSSR count). The molecule has 16 heavy (non-hydrogen) atoms. The number of nitrogens with one attached hydrogen (secondary N) is 2. The number of H-pyrrole nitrogens is 2. The van der Waals surface area contributed by atoms with E-state index in [-0.39, 0.29) is 5.69 Å². The molecule has 1 aromatic heterocycles. The third-order valence-electron chi connectivity index (χ3n) is 3.00. The van der Waals surface area contributed by atoms with E-state index in [4.69, 9.17) is 0 Å². The van der Waals surface area contributed by atoms with Crippen molar-refractivity contribution in [3.05, 3.63) is 34.2 Å². The van der Waals surface area contributed by atoms with Crippen LogP contribution in [-0.2, 0) is 0 Å². The van der Waals surface area contributed by atoms with Crippen LogP contribution in [0.25, 0.3) is 11.0 Å². The van der Waals surface area contributed by atoms with Crippen LogP contribution < -0.4 is 5.69 Å². The Morgan fingerprint density at radius 1 is 1.31 bits per heavy atom. The lowest BCUT2D eigenvalue weighted by Crippen LogP contribution is -2.01. The van der Waals surface area contributed by atoms with Gasteiger partial charge in [-0.05, 0) is 23.6 Å². The Kier molecular flexibility index (Phi) is 3.19. The van der Waals surface area contributed by atoms with Gasteiger partial charge in [0.15, 0.2) is 0 Å². The fraction of sp³-hybridized carbons (Fsp3) is 0.417. The summed E-state index contributed by atoms with van der Waals surface area (Å²) >= 11 is 3.70. The highest BCUT2D eigenvalue weighted by Gasteiger charge is 2.15. The maximum Gasteiger partial charge on any atom is 0.323 e. The Morgan fingerprint density at radius 2 is 2.00 bits per heavy atom. The zero-order valence-corrected chi connectivity index (χ0v) is 11.0. The van der Waals surface area contributed by atoms with Crippen LogP contribution in [0.15, 0.2) is 23.0 Å². The van der Waals surface area contributed by atoms with Crippen molar-refractivity contribution in [2.45, 2.75) is 25.1 Å². The lowest BCUT2D eigenvalue weighted by Gasteiger charge is -2.16. The number of alkyl halides is 1. The Labute approximate surface area is 102 Å². The summed E-state index contributed by atoms with van der Waals surface area (Å²) in [6, 6.07) is 6.02. The van der Waals surface area contributed by atoms with E-state index in [0.717, 1.165) is 17.5 Å². The first kappa shape index (κ1) is 11.5. The van der Waals surface area contributed by atoms with E-state index in [0.29, 0.717) is 10.7 Å². The molecule has 0 bridgehead atoms. The minimum absolute atomic E-state index is 0.151. The number of hydrogen-bond donors (Lipinski definition) is 2. The SMILES string of the molecule is CCC(C)C(Br)c1ccc2[nH]c(=O)[nH]c2c1. The molecule has 86 valence electrons. The van der Waals surface area contributed by atoms with Gasteiger partial charge in [-0.25, -0.2) is 4.79 Å². The van der Waals surface area contributed by atoms with Gasteiger partial charge in [-0.15, -0.1) is 0 Å². The summed E-state index contributed by atoms with van der Waals surface area (Å²) in [5, 5.41) is 0. The molecule has 0 amide bonds. The highest BCUT2D eigenvalue weighted by atomic mass is 79.9. The molecule has 4 heteroatoms. The van der Waals surface area contributed by atoms with Gasteiger partial charge in [-0.3, -0.25) is 0 Å². The summed E-state index contributed by atoms with van der Waals surface area (Å²) in [4.78, 5) is 17.0. The fourth-order valence-corrected chi connectivity index (χ4v) is 2.42. The molecular formula is C12H15BrN2O. The van der Waals surface area contributed by atoms with Crippen LogP contribution in [0.3, 0.4) is 0 Å². The van der Waals surface area contributed by atoms with E-state index in [1.54, 1.807) is 0 Å². The van der Waals surface area contributed by atoms with Gasteiger partial charge in [-0.1, -0.05) is 42.3 Å². The smallest absolute Gasteiger partial charge is 0.306 e. The zero-order valence-electron chi connectivity index (χ0n) is 9.38. The first-order chi connectivity index (χ1) is 7.61. The van der Waals surface area contributed by atoms with Crippen molar-refractivity contribution in [2.24, 2.45) is 5.92 Å². The van der Waals surface area contributed by atoms with Crippen molar-refractivity contribution in [2.75, 3.05) is 0 Å². The summed E-state index contributed by atoms with van der Waals surface area (Å²) in [5.41, 5.74) is 2.78. The first-order valence-corrected chi connectivity index (χ1v) is 6.39. The normalized spacial score (nSPS) is 15.2. The highest BCUT2D eigenvalue weighted by Crippen LogP contribution is 2.33. The Balaban J connectivity index is 2.42. The second-order valence-electron chi connectivity index (χ2n) is 4.17. The molecule has 0 saturated carbocycles. The Hall–Kier alpha value is -1.03.